The van der Waals surface area contributed by atoms with Crippen molar-refractivity contribution in [2.45, 2.75) is 38.3 Å². The van der Waals surface area contributed by atoms with Crippen LogP contribution in [0.1, 0.15) is 30.7 Å². The van der Waals surface area contributed by atoms with Gasteiger partial charge in [-0.3, -0.25) is 9.69 Å². The summed E-state index contributed by atoms with van der Waals surface area (Å²) in [5, 5.41) is 3.17. The summed E-state index contributed by atoms with van der Waals surface area (Å²) in [4.78, 5) is 17.7. The number of nitrogens with zero attached hydrogens (tertiary/aromatic N) is 2. The van der Waals surface area contributed by atoms with Gasteiger partial charge in [0, 0.05) is 30.5 Å². The molecule has 0 amide bonds. The highest BCUT2D eigenvalue weighted by Gasteiger charge is 2.22. The first kappa shape index (κ1) is 10.8. The van der Waals surface area contributed by atoms with Gasteiger partial charge in [-0.1, -0.05) is 0 Å². The minimum Gasteiger partial charge on any atom is -0.300 e. The maximum Gasteiger partial charge on any atom is 0.133 e. The first-order chi connectivity index (χ1) is 7.25. The fourth-order valence-corrected chi connectivity index (χ4v) is 2.72. The normalized spacial score (nSPS) is 18.7. The van der Waals surface area contributed by atoms with Crippen LogP contribution in [0.2, 0.25) is 0 Å². The van der Waals surface area contributed by atoms with Crippen molar-refractivity contribution in [1.82, 2.24) is 9.88 Å². The zero-order valence-corrected chi connectivity index (χ0v) is 9.80. The Kier molecular flexibility index (Phi) is 3.49. The Morgan fingerprint density at radius 2 is 2.27 bits per heavy atom. The van der Waals surface area contributed by atoms with Gasteiger partial charge in [0.15, 0.2) is 0 Å². The standard InChI is InChI=1S/C11H16N2OS/c1-13(8-11-12-6-7-15-11)9-2-4-10(14)5-3-9/h6-7,9H,2-5,8H2,1H3. The third kappa shape index (κ3) is 2.86. The molecule has 0 spiro atoms. The fraction of sp³-hybridized carbons (Fsp3) is 0.636. The monoisotopic (exact) mass is 224 g/mol. The quantitative estimate of drug-likeness (QED) is 0.788. The molecule has 0 aromatic carbocycles. The lowest BCUT2D eigenvalue weighted by Crippen LogP contribution is -2.34. The summed E-state index contributed by atoms with van der Waals surface area (Å²) in [6.07, 6.45) is 5.39. The molecule has 0 atom stereocenters. The smallest absolute Gasteiger partial charge is 0.133 e. The second-order valence-corrected chi connectivity index (χ2v) is 5.09. The van der Waals surface area contributed by atoms with Crippen LogP contribution in [0.4, 0.5) is 0 Å². The van der Waals surface area contributed by atoms with Gasteiger partial charge in [-0.25, -0.2) is 4.98 Å². The van der Waals surface area contributed by atoms with Crippen LogP contribution < -0.4 is 0 Å². The van der Waals surface area contributed by atoms with E-state index in [1.54, 1.807) is 11.3 Å². The number of hydrogen-bond donors (Lipinski definition) is 0. The van der Waals surface area contributed by atoms with Gasteiger partial charge < -0.3 is 0 Å². The van der Waals surface area contributed by atoms with Crippen LogP contribution in [-0.4, -0.2) is 28.8 Å². The molecule has 0 radical (unpaired) electrons. The van der Waals surface area contributed by atoms with Gasteiger partial charge in [0.05, 0.1) is 6.54 Å². The molecular weight excluding hydrogens is 208 g/mol. The predicted molar refractivity (Wildman–Crippen MR) is 60.8 cm³/mol. The van der Waals surface area contributed by atoms with E-state index in [1.165, 1.54) is 0 Å². The highest BCUT2D eigenvalue weighted by atomic mass is 32.1. The van der Waals surface area contributed by atoms with Crippen LogP contribution in [0.25, 0.3) is 0 Å². The number of Topliss-reactive ketones (excluding diaryl/α,β-unsaturated/α-hetero) is 1. The predicted octanol–water partition coefficient (Wildman–Crippen LogP) is 2.09. The van der Waals surface area contributed by atoms with E-state index in [0.717, 1.165) is 37.2 Å². The van der Waals surface area contributed by atoms with E-state index in [0.29, 0.717) is 11.8 Å². The van der Waals surface area contributed by atoms with E-state index in [-0.39, 0.29) is 0 Å². The number of hydrogen-bond acceptors (Lipinski definition) is 4. The molecule has 1 heterocycles. The molecule has 0 aliphatic heterocycles. The third-order valence-electron chi connectivity index (χ3n) is 3.00. The molecule has 1 saturated carbocycles. The lowest BCUT2D eigenvalue weighted by Gasteiger charge is -2.29. The van der Waals surface area contributed by atoms with Gasteiger partial charge in [-0.05, 0) is 19.9 Å². The SMILES string of the molecule is CN(Cc1nccs1)C1CCC(=O)CC1. The molecule has 0 bridgehead atoms. The first-order valence-electron chi connectivity index (χ1n) is 5.36. The molecule has 1 aliphatic carbocycles. The topological polar surface area (TPSA) is 33.2 Å². The lowest BCUT2D eigenvalue weighted by atomic mass is 9.93. The van der Waals surface area contributed by atoms with Crippen molar-refractivity contribution >= 4 is 17.1 Å². The van der Waals surface area contributed by atoms with E-state index in [2.05, 4.69) is 16.9 Å². The van der Waals surface area contributed by atoms with Gasteiger partial charge in [0.25, 0.3) is 0 Å². The van der Waals surface area contributed by atoms with Crippen LogP contribution in [0, 0.1) is 0 Å². The van der Waals surface area contributed by atoms with E-state index in [1.807, 2.05) is 11.6 Å². The summed E-state index contributed by atoms with van der Waals surface area (Å²) in [5.41, 5.74) is 0. The van der Waals surface area contributed by atoms with Crippen molar-refractivity contribution < 1.29 is 4.79 Å². The number of rotatable bonds is 3. The Labute approximate surface area is 94.1 Å². The fourth-order valence-electron chi connectivity index (χ4n) is 2.04. The molecule has 0 unspecified atom stereocenters. The maximum absolute atomic E-state index is 11.1. The third-order valence-corrected chi connectivity index (χ3v) is 3.77. The molecule has 1 aromatic heterocycles. The minimum atomic E-state index is 0.425. The van der Waals surface area contributed by atoms with Crippen molar-refractivity contribution in [3.05, 3.63) is 16.6 Å². The molecule has 2 rings (SSSR count). The van der Waals surface area contributed by atoms with Crippen molar-refractivity contribution in [1.29, 1.82) is 0 Å². The Balaban J connectivity index is 1.85. The summed E-state index contributed by atoms with van der Waals surface area (Å²) < 4.78 is 0. The molecule has 1 fully saturated rings. The Morgan fingerprint density at radius 3 is 2.87 bits per heavy atom. The van der Waals surface area contributed by atoms with Crippen LogP contribution >= 0.6 is 11.3 Å². The average Bonchev–Trinajstić information content (AvgIpc) is 2.71. The van der Waals surface area contributed by atoms with E-state index >= 15 is 0 Å². The Morgan fingerprint density at radius 1 is 1.53 bits per heavy atom. The van der Waals surface area contributed by atoms with Crippen LogP contribution in [0.5, 0.6) is 0 Å². The molecule has 1 aliphatic rings. The van der Waals surface area contributed by atoms with Crippen molar-refractivity contribution in [3.63, 3.8) is 0 Å². The summed E-state index contributed by atoms with van der Waals surface area (Å²) in [7, 11) is 2.13. The number of aromatic nitrogens is 1. The largest absolute Gasteiger partial charge is 0.300 e. The highest BCUT2D eigenvalue weighted by Crippen LogP contribution is 2.21. The van der Waals surface area contributed by atoms with E-state index in [9.17, 15) is 4.79 Å². The second-order valence-electron chi connectivity index (χ2n) is 4.11. The van der Waals surface area contributed by atoms with Crippen molar-refractivity contribution in [2.24, 2.45) is 0 Å². The molecule has 15 heavy (non-hydrogen) atoms. The van der Waals surface area contributed by atoms with Crippen molar-refractivity contribution in [3.8, 4) is 0 Å². The van der Waals surface area contributed by atoms with E-state index in [4.69, 9.17) is 0 Å². The summed E-state index contributed by atoms with van der Waals surface area (Å²) >= 11 is 1.70. The lowest BCUT2D eigenvalue weighted by molar-refractivity contribution is -0.121. The maximum atomic E-state index is 11.1. The number of thiazole rings is 1. The zero-order chi connectivity index (χ0) is 10.7. The van der Waals surface area contributed by atoms with Crippen molar-refractivity contribution in [2.75, 3.05) is 7.05 Å². The van der Waals surface area contributed by atoms with Gasteiger partial charge in [0.2, 0.25) is 0 Å². The summed E-state index contributed by atoms with van der Waals surface area (Å²) in [5.74, 6) is 0.425. The molecular formula is C11H16N2OS. The minimum absolute atomic E-state index is 0.425. The summed E-state index contributed by atoms with van der Waals surface area (Å²) in [6.45, 7) is 0.913. The van der Waals surface area contributed by atoms with Crippen LogP contribution in [0.3, 0.4) is 0 Å². The Hall–Kier alpha value is -0.740. The molecule has 0 saturated heterocycles. The molecule has 0 N–H and O–H groups in total. The molecule has 3 nitrogen and oxygen atoms in total. The van der Waals surface area contributed by atoms with Gasteiger partial charge in [-0.2, -0.15) is 0 Å². The highest BCUT2D eigenvalue weighted by molar-refractivity contribution is 7.09. The van der Waals surface area contributed by atoms with Gasteiger partial charge in [-0.15, -0.1) is 11.3 Å². The molecule has 4 heteroatoms. The Bertz CT molecular complexity index is 313. The van der Waals surface area contributed by atoms with Crippen LogP contribution in [-0.2, 0) is 11.3 Å². The van der Waals surface area contributed by atoms with Crippen LogP contribution in [0.15, 0.2) is 11.6 Å². The average molecular weight is 224 g/mol. The first-order valence-corrected chi connectivity index (χ1v) is 6.24. The molecule has 82 valence electrons. The molecule has 1 aromatic rings. The number of ketones is 1. The zero-order valence-electron chi connectivity index (χ0n) is 8.98. The van der Waals surface area contributed by atoms with Gasteiger partial charge >= 0.3 is 0 Å². The summed E-state index contributed by atoms with van der Waals surface area (Å²) in [6, 6.07) is 0.562. The number of carbonyl (C=O) groups excluding carboxylic acids is 1. The van der Waals surface area contributed by atoms with E-state index < -0.39 is 0 Å². The second kappa shape index (κ2) is 4.86. The number of carbonyl (C=O) groups is 1. The van der Waals surface area contributed by atoms with Gasteiger partial charge in [0.1, 0.15) is 10.8 Å².